The van der Waals surface area contributed by atoms with Gasteiger partial charge in [0.2, 0.25) is 0 Å². The summed E-state index contributed by atoms with van der Waals surface area (Å²) in [6.07, 6.45) is 3.69. The second-order valence-corrected chi connectivity index (χ2v) is 3.47. The lowest BCUT2D eigenvalue weighted by molar-refractivity contribution is 0.181. The summed E-state index contributed by atoms with van der Waals surface area (Å²) in [5.74, 6) is 0. The lowest BCUT2D eigenvalue weighted by atomic mass is 10.9. The largest absolute Gasteiger partial charge is 0.524 e. The molecule has 2 nitrogen and oxygen atoms in total. The monoisotopic (exact) mass is 150 g/mol. The molecule has 0 fully saturated rings. The van der Waals surface area contributed by atoms with Crippen molar-refractivity contribution in [2.75, 3.05) is 19.1 Å². The van der Waals surface area contributed by atoms with Crippen LogP contribution in [-0.4, -0.2) is 24.4 Å². The Morgan fingerprint density at radius 1 is 1.56 bits per heavy atom. The first-order valence-corrected chi connectivity index (χ1v) is 4.47. The van der Waals surface area contributed by atoms with Crippen molar-refractivity contribution in [1.82, 2.24) is 0 Å². The molecule has 0 aliphatic heterocycles. The number of hydrogen-bond donors (Lipinski definition) is 0. The van der Waals surface area contributed by atoms with Crippen molar-refractivity contribution >= 4 is 16.2 Å². The SMILES string of the molecule is CCOC(=O)[S+](C)C.[CH3-]. The van der Waals surface area contributed by atoms with Crippen LogP contribution in [0.2, 0.25) is 0 Å². The quantitative estimate of drug-likeness (QED) is 0.321. The van der Waals surface area contributed by atoms with Gasteiger partial charge in [-0.05, 0) is 6.92 Å². The molecule has 0 amide bonds. The van der Waals surface area contributed by atoms with E-state index in [0.717, 1.165) is 0 Å². The predicted molar refractivity (Wildman–Crippen MR) is 42.6 cm³/mol. The smallest absolute Gasteiger partial charge is 0.426 e. The molecular formula is C6H14O2S. The second kappa shape index (κ2) is 5.95. The van der Waals surface area contributed by atoms with Crippen LogP contribution < -0.4 is 0 Å². The third-order valence-corrected chi connectivity index (χ3v) is 1.38. The summed E-state index contributed by atoms with van der Waals surface area (Å²) in [5, 5.41) is -0.0903. The molecule has 0 aromatic rings. The zero-order valence-electron chi connectivity index (χ0n) is 6.43. The van der Waals surface area contributed by atoms with Crippen molar-refractivity contribution in [2.24, 2.45) is 0 Å². The van der Waals surface area contributed by atoms with Crippen LogP contribution in [0.3, 0.4) is 0 Å². The fraction of sp³-hybridized carbons (Fsp3) is 0.667. The van der Waals surface area contributed by atoms with Gasteiger partial charge in [0.1, 0.15) is 12.5 Å². The van der Waals surface area contributed by atoms with Crippen LogP contribution in [0.25, 0.3) is 0 Å². The predicted octanol–water partition coefficient (Wildman–Crippen LogP) is 1.47. The van der Waals surface area contributed by atoms with Crippen LogP contribution in [0.1, 0.15) is 6.92 Å². The van der Waals surface area contributed by atoms with E-state index in [1.807, 2.05) is 19.4 Å². The Kier molecular flexibility index (Phi) is 7.66. The van der Waals surface area contributed by atoms with Crippen molar-refractivity contribution in [3.63, 3.8) is 0 Å². The molecule has 56 valence electrons. The Balaban J connectivity index is 0. The minimum atomic E-state index is -0.221. The molecule has 0 aliphatic rings. The van der Waals surface area contributed by atoms with E-state index < -0.39 is 0 Å². The molecule has 0 radical (unpaired) electrons. The van der Waals surface area contributed by atoms with Gasteiger partial charge in [0, 0.05) is 0 Å². The molecule has 0 saturated carbocycles. The molecule has 0 aromatic carbocycles. The Labute approximate surface area is 59.9 Å². The van der Waals surface area contributed by atoms with Crippen LogP contribution in [0.5, 0.6) is 0 Å². The Hall–Kier alpha value is -0.180. The maximum absolute atomic E-state index is 10.5. The van der Waals surface area contributed by atoms with Crippen LogP contribution in [-0.2, 0) is 15.6 Å². The van der Waals surface area contributed by atoms with E-state index in [9.17, 15) is 4.79 Å². The minimum absolute atomic E-state index is 0. The van der Waals surface area contributed by atoms with Crippen LogP contribution in [0, 0.1) is 7.43 Å². The van der Waals surface area contributed by atoms with Gasteiger partial charge in [-0.3, -0.25) is 0 Å². The number of ether oxygens (including phenoxy) is 1. The molecule has 0 aliphatic carbocycles. The van der Waals surface area contributed by atoms with E-state index in [1.165, 1.54) is 0 Å². The topological polar surface area (TPSA) is 26.3 Å². The van der Waals surface area contributed by atoms with Crippen molar-refractivity contribution in [3.8, 4) is 0 Å². The molecule has 0 bridgehead atoms. The van der Waals surface area contributed by atoms with Gasteiger partial charge < -0.3 is 12.2 Å². The van der Waals surface area contributed by atoms with Gasteiger partial charge >= 0.3 is 5.30 Å². The zero-order valence-corrected chi connectivity index (χ0v) is 7.25. The first-order chi connectivity index (χ1) is 3.68. The number of carbonyl (C=O) groups excluding carboxylic acids is 1. The lowest BCUT2D eigenvalue weighted by Crippen LogP contribution is -2.12. The molecule has 0 aromatic heterocycles. The summed E-state index contributed by atoms with van der Waals surface area (Å²) in [6, 6.07) is 0. The highest BCUT2D eigenvalue weighted by Crippen LogP contribution is 1.90. The Bertz CT molecular complexity index is 81.1. The van der Waals surface area contributed by atoms with Crippen LogP contribution in [0.4, 0.5) is 4.79 Å². The first kappa shape index (κ1) is 11.6. The molecule has 0 rings (SSSR count). The van der Waals surface area contributed by atoms with Crippen LogP contribution >= 0.6 is 0 Å². The second-order valence-electron chi connectivity index (χ2n) is 1.50. The third kappa shape index (κ3) is 5.69. The molecule has 9 heavy (non-hydrogen) atoms. The summed E-state index contributed by atoms with van der Waals surface area (Å²) in [5.41, 5.74) is 0. The Morgan fingerprint density at radius 3 is 2.11 bits per heavy atom. The summed E-state index contributed by atoms with van der Waals surface area (Å²) >= 11 is 0. The molecule has 3 heteroatoms. The van der Waals surface area contributed by atoms with E-state index in [2.05, 4.69) is 4.74 Å². The summed E-state index contributed by atoms with van der Waals surface area (Å²) in [4.78, 5) is 10.5. The van der Waals surface area contributed by atoms with E-state index in [1.54, 1.807) is 0 Å². The van der Waals surface area contributed by atoms with Crippen LogP contribution in [0.15, 0.2) is 0 Å². The zero-order chi connectivity index (χ0) is 6.57. The molecule has 0 saturated heterocycles. The lowest BCUT2D eigenvalue weighted by Gasteiger charge is -1.93. The van der Waals surface area contributed by atoms with Crippen molar-refractivity contribution < 1.29 is 9.53 Å². The van der Waals surface area contributed by atoms with Crippen molar-refractivity contribution in [3.05, 3.63) is 7.43 Å². The maximum Gasteiger partial charge on any atom is 0.524 e. The maximum atomic E-state index is 10.5. The van der Waals surface area contributed by atoms with Gasteiger partial charge in [-0.15, -0.1) is 0 Å². The van der Waals surface area contributed by atoms with Crippen molar-refractivity contribution in [1.29, 1.82) is 0 Å². The van der Waals surface area contributed by atoms with Gasteiger partial charge in [0.25, 0.3) is 0 Å². The van der Waals surface area contributed by atoms with E-state index in [0.29, 0.717) is 6.61 Å². The van der Waals surface area contributed by atoms with Gasteiger partial charge in [0.05, 0.1) is 17.5 Å². The highest BCUT2D eigenvalue weighted by Gasteiger charge is 2.17. The van der Waals surface area contributed by atoms with Crippen molar-refractivity contribution in [2.45, 2.75) is 6.92 Å². The average molecular weight is 150 g/mol. The average Bonchev–Trinajstić information content (AvgIpc) is 1.67. The fourth-order valence-corrected chi connectivity index (χ4v) is 0.589. The highest BCUT2D eigenvalue weighted by molar-refractivity contribution is 8.09. The van der Waals surface area contributed by atoms with E-state index in [4.69, 9.17) is 0 Å². The Morgan fingerprint density at radius 2 is 2.00 bits per heavy atom. The summed E-state index contributed by atoms with van der Waals surface area (Å²) in [6.45, 7) is 2.30. The first-order valence-electron chi connectivity index (χ1n) is 2.42. The fourth-order valence-electron chi connectivity index (χ4n) is 0.236. The highest BCUT2D eigenvalue weighted by atomic mass is 32.2. The standard InChI is InChI=1S/C5H11O2S.CH3/c1-4-7-5(6)8(2)3;/h4H2,1-3H3;1H3/q+1;-1. The molecule has 0 atom stereocenters. The van der Waals surface area contributed by atoms with Gasteiger partial charge in [-0.25, -0.2) is 0 Å². The van der Waals surface area contributed by atoms with Gasteiger partial charge in [0.15, 0.2) is 0 Å². The molecule has 0 heterocycles. The van der Waals surface area contributed by atoms with E-state index >= 15 is 0 Å². The summed E-state index contributed by atoms with van der Waals surface area (Å²) in [7, 11) is -0.221. The molecule has 0 spiro atoms. The van der Waals surface area contributed by atoms with Gasteiger partial charge in [-0.2, -0.15) is 4.79 Å². The third-order valence-electron chi connectivity index (χ3n) is 0.596. The number of hydrogen-bond acceptors (Lipinski definition) is 2. The number of rotatable bonds is 1. The molecular weight excluding hydrogens is 136 g/mol. The van der Waals surface area contributed by atoms with Gasteiger partial charge in [-0.1, -0.05) is 0 Å². The normalized spacial score (nSPS) is 8.44. The minimum Gasteiger partial charge on any atom is -0.426 e. The molecule has 0 unspecified atom stereocenters. The number of carbonyl (C=O) groups is 1. The van der Waals surface area contributed by atoms with E-state index in [-0.39, 0.29) is 23.6 Å². The summed E-state index contributed by atoms with van der Waals surface area (Å²) < 4.78 is 4.68. The molecule has 0 N–H and O–H groups in total.